The van der Waals surface area contributed by atoms with Crippen LogP contribution in [0.2, 0.25) is 0 Å². The molecule has 1 saturated carbocycles. The van der Waals surface area contributed by atoms with Gasteiger partial charge in [-0.25, -0.2) is 0 Å². The van der Waals surface area contributed by atoms with E-state index < -0.39 is 6.10 Å². The maximum atomic E-state index is 11.4. The summed E-state index contributed by atoms with van der Waals surface area (Å²) in [4.78, 5) is 13.7. The Labute approximate surface area is 172 Å². The lowest BCUT2D eigenvalue weighted by atomic mass is 9.96. The van der Waals surface area contributed by atoms with Crippen molar-refractivity contribution in [2.45, 2.75) is 51.9 Å². The highest BCUT2D eigenvalue weighted by Gasteiger charge is 2.25. The number of carbonyl (C=O) groups is 1. The molecule has 2 aromatic rings. The summed E-state index contributed by atoms with van der Waals surface area (Å²) in [5.41, 5.74) is 4.46. The minimum Gasteiger partial charge on any atom is -0.493 e. The fraction of sp³-hybridized carbons (Fsp3) is 0.458. The van der Waals surface area contributed by atoms with Gasteiger partial charge in [0.15, 0.2) is 0 Å². The van der Waals surface area contributed by atoms with Gasteiger partial charge in [-0.05, 0) is 53.1 Å². The Bertz CT molecular complexity index is 846. The van der Waals surface area contributed by atoms with E-state index in [2.05, 4.69) is 40.5 Å². The summed E-state index contributed by atoms with van der Waals surface area (Å²) in [5, 5.41) is 13.6. The van der Waals surface area contributed by atoms with E-state index in [1.165, 1.54) is 24.0 Å². The maximum Gasteiger partial charge on any atom is 0.219 e. The second kappa shape index (κ2) is 8.97. The van der Waals surface area contributed by atoms with Crippen molar-refractivity contribution >= 4 is 5.91 Å². The number of nitrogens with zero attached hydrogens (tertiary/aromatic N) is 1. The van der Waals surface area contributed by atoms with Crippen LogP contribution < -0.4 is 10.1 Å². The van der Waals surface area contributed by atoms with Gasteiger partial charge >= 0.3 is 0 Å². The average Bonchev–Trinajstić information content (AvgIpc) is 3.56. The van der Waals surface area contributed by atoms with E-state index in [9.17, 15) is 9.90 Å². The highest BCUT2D eigenvalue weighted by Crippen LogP contribution is 2.33. The highest BCUT2D eigenvalue weighted by molar-refractivity contribution is 5.75. The first-order chi connectivity index (χ1) is 14.1. The van der Waals surface area contributed by atoms with Gasteiger partial charge in [-0.3, -0.25) is 9.69 Å². The van der Waals surface area contributed by atoms with Gasteiger partial charge in [0, 0.05) is 32.6 Å². The molecular weight excluding hydrogens is 364 g/mol. The van der Waals surface area contributed by atoms with Crippen molar-refractivity contribution in [3.05, 3.63) is 64.7 Å². The number of aliphatic hydroxyl groups is 1. The fourth-order valence-corrected chi connectivity index (χ4v) is 3.73. The van der Waals surface area contributed by atoms with E-state index in [1.807, 2.05) is 19.1 Å². The topological polar surface area (TPSA) is 61.8 Å². The molecule has 0 bridgehead atoms. The van der Waals surface area contributed by atoms with E-state index in [1.54, 1.807) is 0 Å². The molecule has 4 rings (SSSR count). The molecule has 1 aliphatic heterocycles. The third-order valence-corrected chi connectivity index (χ3v) is 5.72. The van der Waals surface area contributed by atoms with Crippen LogP contribution >= 0.6 is 0 Å². The molecule has 1 unspecified atom stereocenters. The predicted molar refractivity (Wildman–Crippen MR) is 112 cm³/mol. The van der Waals surface area contributed by atoms with Gasteiger partial charge in [-0.15, -0.1) is 0 Å². The van der Waals surface area contributed by atoms with Gasteiger partial charge in [0.05, 0.1) is 12.7 Å². The van der Waals surface area contributed by atoms with Gasteiger partial charge in [0.2, 0.25) is 5.91 Å². The molecule has 29 heavy (non-hydrogen) atoms. The van der Waals surface area contributed by atoms with Crippen LogP contribution in [0, 0.1) is 5.92 Å². The van der Waals surface area contributed by atoms with Crippen LogP contribution in [0.3, 0.4) is 0 Å². The van der Waals surface area contributed by atoms with Crippen LogP contribution in [-0.2, 0) is 24.4 Å². The molecule has 2 aliphatic rings. The molecule has 154 valence electrons. The van der Waals surface area contributed by atoms with E-state index in [-0.39, 0.29) is 5.91 Å². The van der Waals surface area contributed by atoms with Gasteiger partial charge < -0.3 is 15.2 Å². The third-order valence-electron chi connectivity index (χ3n) is 5.72. The van der Waals surface area contributed by atoms with Crippen LogP contribution in [-0.4, -0.2) is 29.1 Å². The average molecular weight is 395 g/mol. The lowest BCUT2D eigenvalue weighted by Crippen LogP contribution is -2.33. The van der Waals surface area contributed by atoms with Crippen molar-refractivity contribution in [2.24, 2.45) is 5.92 Å². The number of fused-ring (bicyclic) bond motifs is 1. The zero-order valence-electron chi connectivity index (χ0n) is 17.1. The van der Waals surface area contributed by atoms with Crippen molar-refractivity contribution in [1.82, 2.24) is 10.2 Å². The van der Waals surface area contributed by atoms with E-state index in [4.69, 9.17) is 4.74 Å². The number of amides is 1. The number of benzene rings is 2. The second-order valence-electron chi connectivity index (χ2n) is 8.25. The summed E-state index contributed by atoms with van der Waals surface area (Å²) < 4.78 is 5.87. The standard InChI is InChI=1S/C24H30N2O3/c1-2-24(28)25-12-17-3-5-18(6-4-17)13-26-14-20-9-10-21(29-16-19-7-8-19)11-22(20)23(27)15-26/h3-6,9-11,19,23,27H,2,7-8,12-16H2,1H3,(H,25,28). The molecule has 0 saturated heterocycles. The van der Waals surface area contributed by atoms with E-state index >= 15 is 0 Å². The molecule has 2 aromatic carbocycles. The summed E-state index contributed by atoms with van der Waals surface area (Å²) in [7, 11) is 0. The molecule has 2 N–H and O–H groups in total. The minimum absolute atomic E-state index is 0.0659. The summed E-state index contributed by atoms with van der Waals surface area (Å²) in [6.45, 7) is 5.44. The number of rotatable bonds is 8. The van der Waals surface area contributed by atoms with Crippen molar-refractivity contribution in [3.8, 4) is 5.75 Å². The normalized spacial score (nSPS) is 18.9. The number of nitrogens with one attached hydrogen (secondary N) is 1. The Morgan fingerprint density at radius 3 is 2.66 bits per heavy atom. The number of hydrogen-bond donors (Lipinski definition) is 2. The largest absolute Gasteiger partial charge is 0.493 e. The lowest BCUT2D eigenvalue weighted by molar-refractivity contribution is -0.120. The van der Waals surface area contributed by atoms with Crippen LogP contribution in [0.5, 0.6) is 5.75 Å². The first-order valence-corrected chi connectivity index (χ1v) is 10.6. The van der Waals surface area contributed by atoms with Crippen molar-refractivity contribution < 1.29 is 14.6 Å². The molecule has 0 spiro atoms. The van der Waals surface area contributed by atoms with Crippen molar-refractivity contribution in [2.75, 3.05) is 13.2 Å². The molecule has 0 radical (unpaired) electrons. The van der Waals surface area contributed by atoms with Gasteiger partial charge in [0.1, 0.15) is 5.75 Å². The van der Waals surface area contributed by atoms with Gasteiger partial charge in [-0.1, -0.05) is 37.3 Å². The predicted octanol–water partition coefficient (Wildman–Crippen LogP) is 3.55. The van der Waals surface area contributed by atoms with Gasteiger partial charge in [0.25, 0.3) is 0 Å². The smallest absolute Gasteiger partial charge is 0.219 e. The number of ether oxygens (including phenoxy) is 1. The molecule has 1 fully saturated rings. The summed E-state index contributed by atoms with van der Waals surface area (Å²) in [6, 6.07) is 14.4. The van der Waals surface area contributed by atoms with Crippen molar-refractivity contribution in [3.63, 3.8) is 0 Å². The second-order valence-corrected chi connectivity index (χ2v) is 8.25. The zero-order valence-corrected chi connectivity index (χ0v) is 17.1. The van der Waals surface area contributed by atoms with Crippen LogP contribution in [0.15, 0.2) is 42.5 Å². The Balaban J connectivity index is 1.34. The van der Waals surface area contributed by atoms with E-state index in [0.717, 1.165) is 42.5 Å². The SMILES string of the molecule is CCC(=O)NCc1ccc(CN2Cc3ccc(OCC4CC4)cc3C(O)C2)cc1. The summed E-state index contributed by atoms with van der Waals surface area (Å²) >= 11 is 0. The Morgan fingerprint density at radius 2 is 1.93 bits per heavy atom. The number of hydrogen-bond acceptors (Lipinski definition) is 4. The fourth-order valence-electron chi connectivity index (χ4n) is 3.73. The molecule has 1 amide bonds. The molecule has 1 heterocycles. The summed E-state index contributed by atoms with van der Waals surface area (Å²) in [6.07, 6.45) is 2.56. The summed E-state index contributed by atoms with van der Waals surface area (Å²) in [5.74, 6) is 1.66. The minimum atomic E-state index is -0.494. The number of aliphatic hydroxyl groups excluding tert-OH is 1. The van der Waals surface area contributed by atoms with Crippen LogP contribution in [0.25, 0.3) is 0 Å². The van der Waals surface area contributed by atoms with Crippen LogP contribution in [0.4, 0.5) is 0 Å². The molecular formula is C24H30N2O3. The van der Waals surface area contributed by atoms with Crippen LogP contribution in [0.1, 0.15) is 54.5 Å². The third kappa shape index (κ3) is 5.37. The maximum absolute atomic E-state index is 11.4. The molecule has 5 nitrogen and oxygen atoms in total. The quantitative estimate of drug-likeness (QED) is 0.719. The first kappa shape index (κ1) is 19.9. The van der Waals surface area contributed by atoms with Gasteiger partial charge in [-0.2, -0.15) is 0 Å². The number of β-amino-alcohol motifs (C(OH)–C–C–N with tert-alkyl or cyclic N) is 1. The zero-order chi connectivity index (χ0) is 20.2. The molecule has 0 aromatic heterocycles. The number of carbonyl (C=O) groups excluding carboxylic acids is 1. The Morgan fingerprint density at radius 1 is 1.17 bits per heavy atom. The molecule has 5 heteroatoms. The lowest BCUT2D eigenvalue weighted by Gasteiger charge is -2.32. The van der Waals surface area contributed by atoms with Crippen molar-refractivity contribution in [1.29, 1.82) is 0 Å². The molecule has 1 aliphatic carbocycles. The Hall–Kier alpha value is -2.37. The first-order valence-electron chi connectivity index (χ1n) is 10.6. The molecule has 1 atom stereocenters. The van der Waals surface area contributed by atoms with E-state index in [0.29, 0.717) is 19.5 Å². The highest BCUT2D eigenvalue weighted by atomic mass is 16.5. The monoisotopic (exact) mass is 394 g/mol. The Kier molecular flexibility index (Phi) is 6.16.